The second-order valence-corrected chi connectivity index (χ2v) is 6.74. The van der Waals surface area contributed by atoms with E-state index in [0.717, 1.165) is 34.6 Å². The smallest absolute Gasteiger partial charge is 0.337 e. The van der Waals surface area contributed by atoms with E-state index in [-0.39, 0.29) is 5.97 Å². The van der Waals surface area contributed by atoms with Crippen molar-refractivity contribution in [2.45, 2.75) is 13.0 Å². The van der Waals surface area contributed by atoms with Crippen LogP contribution in [0.2, 0.25) is 0 Å². The highest BCUT2D eigenvalue weighted by molar-refractivity contribution is 6.16. The largest absolute Gasteiger partial charge is 0.488 e. The monoisotopic (exact) mass is 374 g/mol. The van der Waals surface area contributed by atoms with Crippen LogP contribution in [-0.4, -0.2) is 29.9 Å². The van der Waals surface area contributed by atoms with Crippen molar-refractivity contribution < 1.29 is 14.3 Å². The van der Waals surface area contributed by atoms with Crippen LogP contribution in [0.15, 0.2) is 65.8 Å². The lowest BCUT2D eigenvalue weighted by Gasteiger charge is -2.11. The van der Waals surface area contributed by atoms with E-state index in [1.54, 1.807) is 6.07 Å². The molecule has 0 atom stereocenters. The maximum Gasteiger partial charge on any atom is 0.337 e. The molecule has 0 bridgehead atoms. The number of aromatic nitrogens is 1. The molecule has 0 fully saturated rings. The molecule has 3 aromatic rings. The lowest BCUT2D eigenvalue weighted by atomic mass is 9.96. The molecule has 0 spiro atoms. The molecule has 4 rings (SSSR count). The number of aryl methyl sites for hydroxylation is 1. The molecule has 0 saturated heterocycles. The molecule has 0 radical (unpaired) electrons. The number of methoxy groups -OCH3 is 1. The Morgan fingerprint density at radius 1 is 1.14 bits per heavy atom. The Kier molecular flexibility index (Phi) is 4.98. The quantitative estimate of drug-likeness (QED) is 0.653. The summed E-state index contributed by atoms with van der Waals surface area (Å²) in [5, 5.41) is 0. The molecule has 1 aromatic heterocycles. The van der Waals surface area contributed by atoms with E-state index in [1.807, 2.05) is 43.6 Å². The number of ether oxygens (including phenoxy) is 2. The van der Waals surface area contributed by atoms with E-state index in [0.29, 0.717) is 18.7 Å². The summed E-state index contributed by atoms with van der Waals surface area (Å²) in [4.78, 5) is 17.0. The maximum atomic E-state index is 12.0. The number of carbonyl (C=O) groups excluding carboxylic acids is 1. The minimum atomic E-state index is -0.372. The van der Waals surface area contributed by atoms with Crippen LogP contribution in [-0.2, 0) is 24.8 Å². The molecule has 142 valence electrons. The fraction of sp³-hybridized carbons (Fsp3) is 0.217. The predicted molar refractivity (Wildman–Crippen MR) is 108 cm³/mol. The van der Waals surface area contributed by atoms with Crippen molar-refractivity contribution in [2.24, 2.45) is 12.0 Å². The Morgan fingerprint density at radius 3 is 2.79 bits per heavy atom. The number of fused-ring (bicyclic) bond motifs is 2. The number of esters is 1. The molecular formula is C23H22N2O3. The van der Waals surface area contributed by atoms with E-state index in [9.17, 15) is 4.79 Å². The van der Waals surface area contributed by atoms with E-state index in [2.05, 4.69) is 22.8 Å². The van der Waals surface area contributed by atoms with Crippen LogP contribution in [0.4, 0.5) is 0 Å². The number of aliphatic imine (C=N–C) groups is 1. The van der Waals surface area contributed by atoms with Crippen molar-refractivity contribution in [1.82, 2.24) is 4.57 Å². The van der Waals surface area contributed by atoms with Crippen LogP contribution in [0.3, 0.4) is 0 Å². The molecule has 28 heavy (non-hydrogen) atoms. The Morgan fingerprint density at radius 2 is 2.00 bits per heavy atom. The standard InChI is InChI=1S/C23H22N2O3/c1-25-13-5-7-18(25)11-12-24-22-19-8-4-3-6-17(19)15-28-21-10-9-16(14-20(21)22)23(26)27-2/h3-10,13-14H,11-12,15H2,1-2H3. The van der Waals surface area contributed by atoms with E-state index >= 15 is 0 Å². The Hall–Kier alpha value is -3.34. The van der Waals surface area contributed by atoms with Crippen LogP contribution < -0.4 is 4.74 Å². The van der Waals surface area contributed by atoms with Gasteiger partial charge in [-0.15, -0.1) is 0 Å². The fourth-order valence-electron chi connectivity index (χ4n) is 3.47. The molecular weight excluding hydrogens is 352 g/mol. The zero-order chi connectivity index (χ0) is 19.5. The molecule has 5 heteroatoms. The van der Waals surface area contributed by atoms with Gasteiger partial charge in [0.05, 0.1) is 18.4 Å². The van der Waals surface area contributed by atoms with Gasteiger partial charge in [0, 0.05) is 43.0 Å². The number of benzene rings is 2. The summed E-state index contributed by atoms with van der Waals surface area (Å²) in [6, 6.07) is 17.6. The zero-order valence-corrected chi connectivity index (χ0v) is 16.0. The summed E-state index contributed by atoms with van der Waals surface area (Å²) in [6.07, 6.45) is 2.87. The Labute approximate surface area is 164 Å². The number of carbonyl (C=O) groups is 1. The average Bonchev–Trinajstić information content (AvgIpc) is 3.06. The number of rotatable bonds is 4. The third-order valence-corrected chi connectivity index (χ3v) is 5.00. The summed E-state index contributed by atoms with van der Waals surface area (Å²) >= 11 is 0. The highest BCUT2D eigenvalue weighted by Crippen LogP contribution is 2.30. The highest BCUT2D eigenvalue weighted by atomic mass is 16.5. The Balaban J connectivity index is 1.77. The van der Waals surface area contributed by atoms with Crippen LogP contribution >= 0.6 is 0 Å². The van der Waals surface area contributed by atoms with Gasteiger partial charge in [0.1, 0.15) is 12.4 Å². The molecule has 0 N–H and O–H groups in total. The van der Waals surface area contributed by atoms with Crippen molar-refractivity contribution in [3.8, 4) is 5.75 Å². The average molecular weight is 374 g/mol. The van der Waals surface area contributed by atoms with Gasteiger partial charge >= 0.3 is 5.97 Å². The Bertz CT molecular complexity index is 1050. The van der Waals surface area contributed by atoms with Gasteiger partial charge in [0.2, 0.25) is 0 Å². The molecule has 2 aromatic carbocycles. The molecule has 0 unspecified atom stereocenters. The van der Waals surface area contributed by atoms with Gasteiger partial charge in [-0.05, 0) is 35.9 Å². The SMILES string of the molecule is COC(=O)c1ccc2c(c1)C(=NCCc1cccn1C)c1ccccc1CO2. The van der Waals surface area contributed by atoms with E-state index in [1.165, 1.54) is 12.8 Å². The van der Waals surface area contributed by atoms with Crippen molar-refractivity contribution in [2.75, 3.05) is 13.7 Å². The summed E-state index contributed by atoms with van der Waals surface area (Å²) in [5.74, 6) is 0.352. The molecule has 1 aliphatic heterocycles. The van der Waals surface area contributed by atoms with Crippen LogP contribution in [0.5, 0.6) is 5.75 Å². The highest BCUT2D eigenvalue weighted by Gasteiger charge is 2.22. The predicted octanol–water partition coefficient (Wildman–Crippen LogP) is 3.78. The summed E-state index contributed by atoms with van der Waals surface area (Å²) < 4.78 is 13.0. The zero-order valence-electron chi connectivity index (χ0n) is 16.0. The van der Waals surface area contributed by atoms with Gasteiger partial charge in [0.25, 0.3) is 0 Å². The molecule has 5 nitrogen and oxygen atoms in total. The second-order valence-electron chi connectivity index (χ2n) is 6.74. The van der Waals surface area contributed by atoms with Gasteiger partial charge < -0.3 is 14.0 Å². The first-order valence-corrected chi connectivity index (χ1v) is 9.26. The maximum absolute atomic E-state index is 12.0. The van der Waals surface area contributed by atoms with Gasteiger partial charge in [-0.3, -0.25) is 4.99 Å². The minimum absolute atomic E-state index is 0.372. The third kappa shape index (κ3) is 3.43. The normalized spacial score (nSPS) is 14.0. The van der Waals surface area contributed by atoms with Gasteiger partial charge in [-0.25, -0.2) is 4.79 Å². The number of nitrogens with zero attached hydrogens (tertiary/aromatic N) is 2. The van der Waals surface area contributed by atoms with Crippen molar-refractivity contribution in [1.29, 1.82) is 0 Å². The molecule has 0 saturated carbocycles. The number of hydrogen-bond donors (Lipinski definition) is 0. The van der Waals surface area contributed by atoms with E-state index in [4.69, 9.17) is 14.5 Å². The van der Waals surface area contributed by atoms with E-state index < -0.39 is 0 Å². The minimum Gasteiger partial charge on any atom is -0.488 e. The summed E-state index contributed by atoms with van der Waals surface area (Å²) in [5.41, 5.74) is 5.50. The number of hydrogen-bond acceptors (Lipinski definition) is 4. The first-order chi connectivity index (χ1) is 13.7. The van der Waals surface area contributed by atoms with Crippen LogP contribution in [0, 0.1) is 0 Å². The molecule has 0 aliphatic carbocycles. The van der Waals surface area contributed by atoms with Crippen molar-refractivity contribution in [3.63, 3.8) is 0 Å². The van der Waals surface area contributed by atoms with Crippen LogP contribution in [0.25, 0.3) is 0 Å². The lowest BCUT2D eigenvalue weighted by molar-refractivity contribution is 0.0600. The van der Waals surface area contributed by atoms with Gasteiger partial charge in [-0.1, -0.05) is 24.3 Å². The first-order valence-electron chi connectivity index (χ1n) is 9.26. The topological polar surface area (TPSA) is 52.8 Å². The lowest BCUT2D eigenvalue weighted by Crippen LogP contribution is -2.09. The first kappa shape index (κ1) is 18.0. The van der Waals surface area contributed by atoms with Gasteiger partial charge in [0.15, 0.2) is 0 Å². The van der Waals surface area contributed by atoms with Crippen molar-refractivity contribution in [3.05, 3.63) is 88.7 Å². The molecule has 1 aliphatic rings. The van der Waals surface area contributed by atoms with Gasteiger partial charge in [-0.2, -0.15) is 0 Å². The molecule has 0 amide bonds. The summed E-state index contributed by atoms with van der Waals surface area (Å²) in [6.45, 7) is 1.11. The van der Waals surface area contributed by atoms with Crippen LogP contribution in [0.1, 0.15) is 32.7 Å². The summed E-state index contributed by atoms with van der Waals surface area (Å²) in [7, 11) is 3.42. The third-order valence-electron chi connectivity index (χ3n) is 5.00. The van der Waals surface area contributed by atoms with Crippen molar-refractivity contribution >= 4 is 11.7 Å². The molecule has 2 heterocycles. The second kappa shape index (κ2) is 7.72. The fourth-order valence-corrected chi connectivity index (χ4v) is 3.47.